The zero-order valence-electron chi connectivity index (χ0n) is 11.8. The van der Waals surface area contributed by atoms with Gasteiger partial charge in [-0.05, 0) is 37.8 Å². The third kappa shape index (κ3) is 2.84. The van der Waals surface area contributed by atoms with Crippen LogP contribution in [0.25, 0.3) is 0 Å². The van der Waals surface area contributed by atoms with Crippen molar-refractivity contribution in [2.45, 2.75) is 52.5 Å². The van der Waals surface area contributed by atoms with Gasteiger partial charge in [-0.2, -0.15) is 0 Å². The van der Waals surface area contributed by atoms with Crippen LogP contribution in [0.3, 0.4) is 0 Å². The molecule has 0 unspecified atom stereocenters. The van der Waals surface area contributed by atoms with E-state index in [1.54, 1.807) is 6.07 Å². The summed E-state index contributed by atoms with van der Waals surface area (Å²) in [5.41, 5.74) is 7.95. The van der Waals surface area contributed by atoms with E-state index in [-0.39, 0.29) is 11.4 Å². The number of rotatable bonds is 5. The van der Waals surface area contributed by atoms with Crippen molar-refractivity contribution in [2.75, 3.05) is 5.73 Å². The number of hydrogen-bond donors (Lipinski definition) is 2. The van der Waals surface area contributed by atoms with Gasteiger partial charge in [0.15, 0.2) is 0 Å². The molecule has 0 aromatic heterocycles. The van der Waals surface area contributed by atoms with Crippen LogP contribution in [-0.4, -0.2) is 11.4 Å². The number of nitrogens with two attached hydrogens (primary N) is 1. The first kappa shape index (κ1) is 14.6. The second-order valence-electron chi connectivity index (χ2n) is 4.83. The highest BCUT2D eigenvalue weighted by Gasteiger charge is 2.26. The number of nitrogen functional groups attached to an aromatic ring is 1. The Morgan fingerprint density at radius 3 is 2.28 bits per heavy atom. The molecule has 0 fully saturated rings. The maximum absolute atomic E-state index is 12.3. The molecule has 0 aliphatic carbocycles. The molecular weight excluding hydrogens is 224 g/mol. The molecular formula is C15H24N2O. The molecule has 3 N–H and O–H groups in total. The fraction of sp³-hybridized carbons (Fsp3) is 0.533. The molecule has 100 valence electrons. The van der Waals surface area contributed by atoms with Gasteiger partial charge in [-0.15, -0.1) is 0 Å². The van der Waals surface area contributed by atoms with Crippen LogP contribution in [0.1, 0.15) is 56.0 Å². The maximum atomic E-state index is 12.3. The molecule has 18 heavy (non-hydrogen) atoms. The SMILES string of the molecule is CCC(CC)(CC)NC(=O)c1cccc(C)c1N. The van der Waals surface area contributed by atoms with E-state index in [9.17, 15) is 4.79 Å². The highest BCUT2D eigenvalue weighted by atomic mass is 16.1. The Kier molecular flexibility index (Phi) is 4.76. The Morgan fingerprint density at radius 2 is 1.78 bits per heavy atom. The summed E-state index contributed by atoms with van der Waals surface area (Å²) in [6.45, 7) is 8.23. The van der Waals surface area contributed by atoms with Crippen molar-refractivity contribution in [1.29, 1.82) is 0 Å². The number of aryl methyl sites for hydroxylation is 1. The van der Waals surface area contributed by atoms with E-state index in [0.29, 0.717) is 11.3 Å². The summed E-state index contributed by atoms with van der Waals surface area (Å²) in [6, 6.07) is 5.56. The highest BCUT2D eigenvalue weighted by Crippen LogP contribution is 2.22. The lowest BCUT2D eigenvalue weighted by Gasteiger charge is -2.32. The van der Waals surface area contributed by atoms with Gasteiger partial charge >= 0.3 is 0 Å². The van der Waals surface area contributed by atoms with E-state index >= 15 is 0 Å². The van der Waals surface area contributed by atoms with Gasteiger partial charge in [0.25, 0.3) is 5.91 Å². The summed E-state index contributed by atoms with van der Waals surface area (Å²) in [4.78, 5) is 12.3. The predicted octanol–water partition coefficient (Wildman–Crippen LogP) is 3.28. The standard InChI is InChI=1S/C15H24N2O/c1-5-15(6-2,7-3)17-14(18)12-10-8-9-11(4)13(12)16/h8-10H,5-7,16H2,1-4H3,(H,17,18). The number of hydrogen-bond acceptors (Lipinski definition) is 2. The molecule has 0 atom stereocenters. The highest BCUT2D eigenvalue weighted by molar-refractivity contribution is 6.00. The molecule has 0 radical (unpaired) electrons. The smallest absolute Gasteiger partial charge is 0.253 e. The molecule has 3 heteroatoms. The molecule has 1 amide bonds. The second-order valence-corrected chi connectivity index (χ2v) is 4.83. The van der Waals surface area contributed by atoms with Crippen LogP contribution >= 0.6 is 0 Å². The lowest BCUT2D eigenvalue weighted by Crippen LogP contribution is -2.47. The summed E-state index contributed by atoms with van der Waals surface area (Å²) < 4.78 is 0. The predicted molar refractivity (Wildman–Crippen MR) is 76.7 cm³/mol. The lowest BCUT2D eigenvalue weighted by atomic mass is 9.89. The molecule has 1 aromatic carbocycles. The van der Waals surface area contributed by atoms with E-state index in [4.69, 9.17) is 5.73 Å². The summed E-state index contributed by atoms with van der Waals surface area (Å²) in [5, 5.41) is 3.14. The normalized spacial score (nSPS) is 11.3. The van der Waals surface area contributed by atoms with Gasteiger partial charge < -0.3 is 11.1 Å². The van der Waals surface area contributed by atoms with Crippen LogP contribution in [0.15, 0.2) is 18.2 Å². The van der Waals surface area contributed by atoms with Crippen molar-refractivity contribution in [3.05, 3.63) is 29.3 Å². The summed E-state index contributed by atoms with van der Waals surface area (Å²) in [7, 11) is 0. The number of para-hydroxylation sites is 1. The van der Waals surface area contributed by atoms with Crippen molar-refractivity contribution in [2.24, 2.45) is 0 Å². The van der Waals surface area contributed by atoms with Crippen LogP contribution in [0, 0.1) is 6.92 Å². The van der Waals surface area contributed by atoms with Crippen molar-refractivity contribution >= 4 is 11.6 Å². The molecule has 0 bridgehead atoms. The molecule has 0 saturated heterocycles. The van der Waals surface area contributed by atoms with Gasteiger partial charge in [0.2, 0.25) is 0 Å². The Hall–Kier alpha value is -1.51. The van der Waals surface area contributed by atoms with Gasteiger partial charge in [0, 0.05) is 11.2 Å². The van der Waals surface area contributed by atoms with Crippen LogP contribution < -0.4 is 11.1 Å². The van der Waals surface area contributed by atoms with Gasteiger partial charge in [-0.3, -0.25) is 4.79 Å². The molecule has 0 aliphatic rings. The first-order chi connectivity index (χ1) is 8.49. The Balaban J connectivity index is 2.98. The molecule has 1 rings (SSSR count). The first-order valence-corrected chi connectivity index (χ1v) is 6.67. The third-order valence-electron chi connectivity index (χ3n) is 3.98. The minimum Gasteiger partial charge on any atom is -0.398 e. The zero-order chi connectivity index (χ0) is 13.8. The van der Waals surface area contributed by atoms with Gasteiger partial charge in [-0.25, -0.2) is 0 Å². The first-order valence-electron chi connectivity index (χ1n) is 6.67. The summed E-state index contributed by atoms with van der Waals surface area (Å²) in [5.74, 6) is -0.0678. The van der Waals surface area contributed by atoms with E-state index in [1.807, 2.05) is 19.1 Å². The Labute approximate surface area is 110 Å². The van der Waals surface area contributed by atoms with Crippen LogP contribution in [0.2, 0.25) is 0 Å². The summed E-state index contributed by atoms with van der Waals surface area (Å²) >= 11 is 0. The zero-order valence-corrected chi connectivity index (χ0v) is 11.8. The molecule has 0 aliphatic heterocycles. The Bertz CT molecular complexity index is 414. The van der Waals surface area contributed by atoms with Gasteiger partial charge in [-0.1, -0.05) is 32.9 Å². The monoisotopic (exact) mass is 248 g/mol. The molecule has 1 aromatic rings. The maximum Gasteiger partial charge on any atom is 0.253 e. The molecule has 0 spiro atoms. The number of benzene rings is 1. The van der Waals surface area contributed by atoms with Crippen LogP contribution in [-0.2, 0) is 0 Å². The fourth-order valence-electron chi connectivity index (χ4n) is 2.20. The minimum atomic E-state index is -0.118. The van der Waals surface area contributed by atoms with E-state index in [2.05, 4.69) is 26.1 Å². The minimum absolute atomic E-state index is 0.0678. The largest absolute Gasteiger partial charge is 0.398 e. The second kappa shape index (κ2) is 5.89. The van der Waals surface area contributed by atoms with Gasteiger partial charge in [0.05, 0.1) is 5.56 Å². The number of carbonyl (C=O) groups excluding carboxylic acids is 1. The average molecular weight is 248 g/mol. The number of amides is 1. The molecule has 0 saturated carbocycles. The average Bonchev–Trinajstić information content (AvgIpc) is 2.39. The van der Waals surface area contributed by atoms with E-state index in [1.165, 1.54) is 0 Å². The summed E-state index contributed by atoms with van der Waals surface area (Å²) in [6.07, 6.45) is 2.78. The lowest BCUT2D eigenvalue weighted by molar-refractivity contribution is 0.0889. The van der Waals surface area contributed by atoms with Crippen molar-refractivity contribution in [1.82, 2.24) is 5.32 Å². The van der Waals surface area contributed by atoms with Crippen molar-refractivity contribution in [3.8, 4) is 0 Å². The number of carbonyl (C=O) groups is 1. The van der Waals surface area contributed by atoms with Gasteiger partial charge in [0.1, 0.15) is 0 Å². The quantitative estimate of drug-likeness (QED) is 0.786. The van der Waals surface area contributed by atoms with E-state index in [0.717, 1.165) is 24.8 Å². The van der Waals surface area contributed by atoms with Crippen molar-refractivity contribution < 1.29 is 4.79 Å². The molecule has 0 heterocycles. The van der Waals surface area contributed by atoms with E-state index < -0.39 is 0 Å². The van der Waals surface area contributed by atoms with Crippen LogP contribution in [0.4, 0.5) is 5.69 Å². The van der Waals surface area contributed by atoms with Crippen LogP contribution in [0.5, 0.6) is 0 Å². The number of nitrogens with one attached hydrogen (secondary N) is 1. The number of anilines is 1. The Morgan fingerprint density at radius 1 is 1.22 bits per heavy atom. The third-order valence-corrected chi connectivity index (χ3v) is 3.98. The van der Waals surface area contributed by atoms with Crippen molar-refractivity contribution in [3.63, 3.8) is 0 Å². The topological polar surface area (TPSA) is 55.1 Å². The fourth-order valence-corrected chi connectivity index (χ4v) is 2.20. The molecule has 3 nitrogen and oxygen atoms in total.